The Bertz CT molecular complexity index is 238. The van der Waals surface area contributed by atoms with Crippen LogP contribution in [0.4, 0.5) is 0 Å². The van der Waals surface area contributed by atoms with E-state index in [2.05, 4.69) is 24.5 Å². The molecule has 0 bridgehead atoms. The van der Waals surface area contributed by atoms with Gasteiger partial charge in [-0.05, 0) is 45.2 Å². The van der Waals surface area contributed by atoms with E-state index >= 15 is 0 Å². The standard InChI is InChI=1S/C14H28N2O2/c1-4-18-13(11(2)3)7-10-16-14(17)12-5-8-15-9-6-12/h11-13,15H,4-10H2,1-3H3,(H,16,17). The minimum absolute atomic E-state index is 0.204. The maximum atomic E-state index is 11.9. The lowest BCUT2D eigenvalue weighted by atomic mass is 9.97. The van der Waals surface area contributed by atoms with Gasteiger partial charge in [0, 0.05) is 19.1 Å². The highest BCUT2D eigenvalue weighted by Crippen LogP contribution is 2.13. The van der Waals surface area contributed by atoms with Crippen LogP contribution in [-0.4, -0.2) is 38.3 Å². The van der Waals surface area contributed by atoms with Crippen LogP contribution in [0.1, 0.15) is 40.0 Å². The number of nitrogens with one attached hydrogen (secondary N) is 2. The molecular weight excluding hydrogens is 228 g/mol. The normalized spacial score (nSPS) is 18.9. The summed E-state index contributed by atoms with van der Waals surface area (Å²) in [5.41, 5.74) is 0. The first-order chi connectivity index (χ1) is 8.65. The zero-order valence-corrected chi connectivity index (χ0v) is 12.0. The quantitative estimate of drug-likeness (QED) is 0.726. The first kappa shape index (κ1) is 15.4. The molecule has 0 saturated carbocycles. The fraction of sp³-hybridized carbons (Fsp3) is 0.929. The topological polar surface area (TPSA) is 50.4 Å². The van der Waals surface area contributed by atoms with Crippen LogP contribution in [-0.2, 0) is 9.53 Å². The van der Waals surface area contributed by atoms with Gasteiger partial charge in [-0.25, -0.2) is 0 Å². The number of piperidine rings is 1. The second kappa shape index (κ2) is 8.48. The molecule has 4 nitrogen and oxygen atoms in total. The predicted octanol–water partition coefficient (Wildman–Crippen LogP) is 1.55. The van der Waals surface area contributed by atoms with Gasteiger partial charge in [0.15, 0.2) is 0 Å². The molecule has 1 aliphatic heterocycles. The molecule has 1 heterocycles. The minimum atomic E-state index is 0.204. The number of amides is 1. The lowest BCUT2D eigenvalue weighted by molar-refractivity contribution is -0.125. The van der Waals surface area contributed by atoms with E-state index in [1.807, 2.05) is 6.92 Å². The van der Waals surface area contributed by atoms with Crippen molar-refractivity contribution < 1.29 is 9.53 Å². The van der Waals surface area contributed by atoms with Crippen LogP contribution in [0.5, 0.6) is 0 Å². The van der Waals surface area contributed by atoms with E-state index in [4.69, 9.17) is 4.74 Å². The number of hydrogen-bond donors (Lipinski definition) is 2. The number of rotatable bonds is 7. The molecule has 0 aromatic heterocycles. The lowest BCUT2D eigenvalue weighted by Crippen LogP contribution is -2.39. The summed E-state index contributed by atoms with van der Waals surface area (Å²) in [5, 5.41) is 6.32. The minimum Gasteiger partial charge on any atom is -0.378 e. The zero-order chi connectivity index (χ0) is 13.4. The molecule has 1 rings (SSSR count). The van der Waals surface area contributed by atoms with Gasteiger partial charge < -0.3 is 15.4 Å². The van der Waals surface area contributed by atoms with E-state index in [0.717, 1.165) is 45.5 Å². The Morgan fingerprint density at radius 2 is 2.06 bits per heavy atom. The van der Waals surface area contributed by atoms with E-state index < -0.39 is 0 Å². The summed E-state index contributed by atoms with van der Waals surface area (Å²) in [4.78, 5) is 11.9. The third-order valence-corrected chi connectivity index (χ3v) is 3.56. The summed E-state index contributed by atoms with van der Waals surface area (Å²) < 4.78 is 5.67. The Kier molecular flexibility index (Phi) is 7.28. The molecule has 1 unspecified atom stereocenters. The number of hydrogen-bond acceptors (Lipinski definition) is 3. The first-order valence-electron chi connectivity index (χ1n) is 7.25. The molecule has 0 aromatic rings. The van der Waals surface area contributed by atoms with Crippen molar-refractivity contribution in [1.82, 2.24) is 10.6 Å². The van der Waals surface area contributed by atoms with Crippen molar-refractivity contribution >= 4 is 5.91 Å². The highest BCUT2D eigenvalue weighted by Gasteiger charge is 2.21. The van der Waals surface area contributed by atoms with Gasteiger partial charge in [-0.2, -0.15) is 0 Å². The Morgan fingerprint density at radius 3 is 2.61 bits per heavy atom. The maximum absolute atomic E-state index is 11.9. The Balaban J connectivity index is 2.20. The van der Waals surface area contributed by atoms with Crippen molar-refractivity contribution in [3.63, 3.8) is 0 Å². The molecule has 1 amide bonds. The summed E-state index contributed by atoms with van der Waals surface area (Å²) in [7, 11) is 0. The third kappa shape index (κ3) is 5.36. The molecule has 1 fully saturated rings. The molecule has 4 heteroatoms. The van der Waals surface area contributed by atoms with Gasteiger partial charge in [0.1, 0.15) is 0 Å². The van der Waals surface area contributed by atoms with Gasteiger partial charge in [-0.15, -0.1) is 0 Å². The first-order valence-corrected chi connectivity index (χ1v) is 7.25. The number of carbonyl (C=O) groups is 1. The molecule has 1 atom stereocenters. The van der Waals surface area contributed by atoms with Crippen LogP contribution in [0.2, 0.25) is 0 Å². The van der Waals surface area contributed by atoms with E-state index in [9.17, 15) is 4.79 Å². The summed E-state index contributed by atoms with van der Waals surface area (Å²) in [5.74, 6) is 0.923. The fourth-order valence-corrected chi connectivity index (χ4v) is 2.39. The predicted molar refractivity (Wildman–Crippen MR) is 73.5 cm³/mol. The van der Waals surface area contributed by atoms with Crippen LogP contribution < -0.4 is 10.6 Å². The molecule has 0 aromatic carbocycles. The molecule has 0 aliphatic carbocycles. The molecular formula is C14H28N2O2. The number of carbonyl (C=O) groups excluding carboxylic acids is 1. The van der Waals surface area contributed by atoms with Crippen molar-refractivity contribution in [2.75, 3.05) is 26.2 Å². The SMILES string of the molecule is CCOC(CCNC(=O)C1CCNCC1)C(C)C. The molecule has 1 saturated heterocycles. The van der Waals surface area contributed by atoms with Crippen LogP contribution in [0, 0.1) is 11.8 Å². The Morgan fingerprint density at radius 1 is 1.39 bits per heavy atom. The van der Waals surface area contributed by atoms with Gasteiger partial charge in [0.25, 0.3) is 0 Å². The van der Waals surface area contributed by atoms with Crippen molar-refractivity contribution in [3.8, 4) is 0 Å². The monoisotopic (exact) mass is 256 g/mol. The highest BCUT2D eigenvalue weighted by atomic mass is 16.5. The zero-order valence-electron chi connectivity index (χ0n) is 12.0. The van der Waals surface area contributed by atoms with Crippen molar-refractivity contribution in [3.05, 3.63) is 0 Å². The molecule has 2 N–H and O–H groups in total. The summed E-state index contributed by atoms with van der Waals surface area (Å²) >= 11 is 0. The summed E-state index contributed by atoms with van der Waals surface area (Å²) in [6.07, 6.45) is 3.08. The van der Waals surface area contributed by atoms with Crippen LogP contribution >= 0.6 is 0 Å². The van der Waals surface area contributed by atoms with Gasteiger partial charge in [0.05, 0.1) is 6.10 Å². The average molecular weight is 256 g/mol. The Hall–Kier alpha value is -0.610. The van der Waals surface area contributed by atoms with Gasteiger partial charge >= 0.3 is 0 Å². The maximum Gasteiger partial charge on any atom is 0.223 e. The van der Waals surface area contributed by atoms with Gasteiger partial charge in [-0.3, -0.25) is 4.79 Å². The second-order valence-electron chi connectivity index (χ2n) is 5.34. The molecule has 0 radical (unpaired) electrons. The molecule has 0 spiro atoms. The van der Waals surface area contributed by atoms with E-state index in [1.165, 1.54) is 0 Å². The molecule has 106 valence electrons. The summed E-state index contributed by atoms with van der Waals surface area (Å²) in [6.45, 7) is 9.74. The average Bonchev–Trinajstić information content (AvgIpc) is 2.38. The smallest absolute Gasteiger partial charge is 0.223 e. The van der Waals surface area contributed by atoms with Crippen molar-refractivity contribution in [1.29, 1.82) is 0 Å². The van der Waals surface area contributed by atoms with Crippen LogP contribution in [0.25, 0.3) is 0 Å². The fourth-order valence-electron chi connectivity index (χ4n) is 2.39. The van der Waals surface area contributed by atoms with E-state index in [1.54, 1.807) is 0 Å². The van der Waals surface area contributed by atoms with Gasteiger partial charge in [-0.1, -0.05) is 13.8 Å². The lowest BCUT2D eigenvalue weighted by Gasteiger charge is -2.24. The number of ether oxygens (including phenoxy) is 1. The van der Waals surface area contributed by atoms with Crippen molar-refractivity contribution in [2.24, 2.45) is 11.8 Å². The third-order valence-electron chi connectivity index (χ3n) is 3.56. The second-order valence-corrected chi connectivity index (χ2v) is 5.34. The van der Waals surface area contributed by atoms with Crippen molar-refractivity contribution in [2.45, 2.75) is 46.1 Å². The van der Waals surface area contributed by atoms with Gasteiger partial charge in [0.2, 0.25) is 5.91 Å². The van der Waals surface area contributed by atoms with Crippen LogP contribution in [0.15, 0.2) is 0 Å². The Labute approximate surface area is 111 Å². The largest absolute Gasteiger partial charge is 0.378 e. The van der Waals surface area contributed by atoms with Crippen LogP contribution in [0.3, 0.4) is 0 Å². The molecule has 18 heavy (non-hydrogen) atoms. The van der Waals surface area contributed by atoms with E-state index in [0.29, 0.717) is 5.92 Å². The molecule has 1 aliphatic rings. The van der Waals surface area contributed by atoms with E-state index in [-0.39, 0.29) is 17.9 Å². The summed E-state index contributed by atoms with van der Waals surface area (Å²) in [6, 6.07) is 0. The highest BCUT2D eigenvalue weighted by molar-refractivity contribution is 5.78.